The van der Waals surface area contributed by atoms with Gasteiger partial charge >= 0.3 is 6.18 Å². The minimum atomic E-state index is -4.40. The molecular formula is C24H25F3N2O2. The highest BCUT2D eigenvalue weighted by molar-refractivity contribution is 5.54. The van der Waals surface area contributed by atoms with E-state index in [-0.39, 0.29) is 0 Å². The summed E-state index contributed by atoms with van der Waals surface area (Å²) in [7, 11) is 0. The third kappa shape index (κ3) is 3.04. The summed E-state index contributed by atoms with van der Waals surface area (Å²) in [5, 5.41) is 0. The molecule has 2 atom stereocenters. The molecule has 7 heteroatoms. The largest absolute Gasteiger partial charge is 0.417 e. The van der Waals surface area contributed by atoms with E-state index in [2.05, 4.69) is 4.98 Å². The van der Waals surface area contributed by atoms with Crippen molar-refractivity contribution in [2.24, 2.45) is 0 Å². The van der Waals surface area contributed by atoms with Gasteiger partial charge in [-0.1, -0.05) is 0 Å². The lowest BCUT2D eigenvalue weighted by Gasteiger charge is -2.38. The van der Waals surface area contributed by atoms with Crippen LogP contribution in [0.1, 0.15) is 89.9 Å². The molecule has 31 heavy (non-hydrogen) atoms. The minimum Gasteiger partial charge on any atom is -0.381 e. The van der Waals surface area contributed by atoms with Gasteiger partial charge in [0.25, 0.3) is 0 Å². The first-order chi connectivity index (χ1) is 15.0. The fourth-order valence-electron chi connectivity index (χ4n) is 6.12. The smallest absolute Gasteiger partial charge is 0.381 e. The van der Waals surface area contributed by atoms with E-state index in [1.54, 1.807) is 0 Å². The van der Waals surface area contributed by atoms with Crippen molar-refractivity contribution in [2.45, 2.75) is 75.2 Å². The highest BCUT2D eigenvalue weighted by Crippen LogP contribution is 2.57. The van der Waals surface area contributed by atoms with Crippen molar-refractivity contribution in [1.82, 2.24) is 9.97 Å². The Bertz CT molecular complexity index is 1010. The van der Waals surface area contributed by atoms with Crippen LogP contribution < -0.4 is 0 Å². The number of alkyl halides is 3. The van der Waals surface area contributed by atoms with Crippen molar-refractivity contribution in [3.05, 3.63) is 57.7 Å². The number of ether oxygens (including phenoxy) is 2. The molecule has 4 nitrogen and oxygen atoms in total. The molecule has 4 aliphatic rings. The van der Waals surface area contributed by atoms with Crippen molar-refractivity contribution in [3.63, 3.8) is 0 Å². The molecule has 6 rings (SSSR count). The second-order valence-electron chi connectivity index (χ2n) is 9.26. The number of rotatable bonds is 1. The van der Waals surface area contributed by atoms with Crippen molar-refractivity contribution in [2.75, 3.05) is 13.2 Å². The summed E-state index contributed by atoms with van der Waals surface area (Å²) in [5.74, 6) is 0.502. The van der Waals surface area contributed by atoms with Crippen molar-refractivity contribution >= 4 is 0 Å². The van der Waals surface area contributed by atoms with Crippen LogP contribution in [-0.2, 0) is 34.1 Å². The molecule has 1 aliphatic carbocycles. The Labute approximate surface area is 179 Å². The van der Waals surface area contributed by atoms with E-state index >= 15 is 0 Å². The fourth-order valence-corrected chi connectivity index (χ4v) is 6.12. The molecule has 164 valence electrons. The van der Waals surface area contributed by atoms with E-state index < -0.39 is 23.4 Å². The first-order valence-corrected chi connectivity index (χ1v) is 11.3. The van der Waals surface area contributed by atoms with Crippen LogP contribution in [0, 0.1) is 0 Å². The number of fused-ring (bicyclic) bond motifs is 4. The minimum absolute atomic E-state index is 0.447. The van der Waals surface area contributed by atoms with E-state index in [9.17, 15) is 13.2 Å². The Kier molecular flexibility index (Phi) is 4.45. The molecule has 0 saturated carbocycles. The van der Waals surface area contributed by atoms with Crippen LogP contribution in [0.2, 0.25) is 0 Å². The first kappa shape index (κ1) is 19.7. The van der Waals surface area contributed by atoms with Crippen LogP contribution in [0.4, 0.5) is 13.2 Å². The maximum Gasteiger partial charge on any atom is 0.417 e. The van der Waals surface area contributed by atoms with E-state index in [0.29, 0.717) is 24.8 Å². The van der Waals surface area contributed by atoms with Crippen LogP contribution >= 0.6 is 0 Å². The summed E-state index contributed by atoms with van der Waals surface area (Å²) < 4.78 is 51.7. The third-order valence-electron chi connectivity index (χ3n) is 7.52. The molecule has 3 aliphatic heterocycles. The zero-order chi connectivity index (χ0) is 21.2. The van der Waals surface area contributed by atoms with Crippen LogP contribution in [0.3, 0.4) is 0 Å². The Balaban J connectivity index is 1.54. The van der Waals surface area contributed by atoms with Gasteiger partial charge in [-0.3, -0.25) is 9.97 Å². The van der Waals surface area contributed by atoms with Crippen LogP contribution in [0.15, 0.2) is 18.3 Å². The van der Waals surface area contributed by atoms with Gasteiger partial charge in [0.15, 0.2) is 0 Å². The number of aromatic nitrogens is 2. The summed E-state index contributed by atoms with van der Waals surface area (Å²) in [5.41, 5.74) is 5.38. The van der Waals surface area contributed by atoms with Crippen LogP contribution in [0.25, 0.3) is 0 Å². The van der Waals surface area contributed by atoms with Gasteiger partial charge in [-0.15, -0.1) is 0 Å². The van der Waals surface area contributed by atoms with Gasteiger partial charge in [0.05, 0.1) is 16.9 Å². The average molecular weight is 430 g/mol. The summed E-state index contributed by atoms with van der Waals surface area (Å²) in [4.78, 5) is 9.32. The van der Waals surface area contributed by atoms with E-state index in [1.807, 2.05) is 0 Å². The van der Waals surface area contributed by atoms with Gasteiger partial charge in [0.1, 0.15) is 6.10 Å². The highest BCUT2D eigenvalue weighted by Gasteiger charge is 2.51. The molecule has 5 heterocycles. The number of nitrogens with zero attached hydrogens (tertiary/aromatic N) is 2. The van der Waals surface area contributed by atoms with Crippen molar-refractivity contribution in [3.8, 4) is 0 Å². The molecule has 1 saturated heterocycles. The molecule has 1 fully saturated rings. The SMILES string of the molecule is FC(F)(F)c1ccc(C2OC3(CCOCC3)c3c4c5nc(c32)CCCC4CCC5)nc1. The van der Waals surface area contributed by atoms with Gasteiger partial charge in [0, 0.05) is 49.2 Å². The molecule has 0 radical (unpaired) electrons. The van der Waals surface area contributed by atoms with Crippen molar-refractivity contribution < 1.29 is 22.6 Å². The second kappa shape index (κ2) is 7.01. The van der Waals surface area contributed by atoms with Gasteiger partial charge in [-0.25, -0.2) is 0 Å². The standard InChI is InChI=1S/C24H25F3N2O2/c25-24(26,27)15-7-8-18(28-13-15)22-20-17-6-2-4-14-3-1-5-16(29-17)19(14)21(20)23(31-22)9-11-30-12-10-23/h7-8,13-14,22H,1-6,9-12H2. The highest BCUT2D eigenvalue weighted by atomic mass is 19.4. The van der Waals surface area contributed by atoms with Gasteiger partial charge in [0.2, 0.25) is 0 Å². The number of aryl methyl sites for hydroxylation is 2. The molecule has 2 unspecified atom stereocenters. The zero-order valence-corrected chi connectivity index (χ0v) is 17.3. The lowest BCUT2D eigenvalue weighted by molar-refractivity contribution is -0.138. The monoisotopic (exact) mass is 430 g/mol. The van der Waals surface area contributed by atoms with Crippen LogP contribution in [0.5, 0.6) is 0 Å². The van der Waals surface area contributed by atoms with E-state index in [4.69, 9.17) is 14.5 Å². The van der Waals surface area contributed by atoms with Gasteiger partial charge < -0.3 is 9.47 Å². The summed E-state index contributed by atoms with van der Waals surface area (Å²) >= 11 is 0. The second-order valence-corrected chi connectivity index (χ2v) is 9.26. The van der Waals surface area contributed by atoms with E-state index in [0.717, 1.165) is 55.6 Å². The molecule has 1 spiro atoms. The molecule has 2 aromatic heterocycles. The summed E-state index contributed by atoms with van der Waals surface area (Å²) in [6.07, 6.45) is 4.07. The Morgan fingerprint density at radius 2 is 1.68 bits per heavy atom. The predicted molar refractivity (Wildman–Crippen MR) is 107 cm³/mol. The Morgan fingerprint density at radius 3 is 2.32 bits per heavy atom. The quantitative estimate of drug-likeness (QED) is 0.610. The topological polar surface area (TPSA) is 44.2 Å². The van der Waals surface area contributed by atoms with Gasteiger partial charge in [-0.05, 0) is 67.7 Å². The number of hydrogen-bond acceptors (Lipinski definition) is 4. The normalized spacial score (nSPS) is 26.5. The molecule has 0 amide bonds. The molecule has 2 aromatic rings. The average Bonchev–Trinajstić information content (AvgIpc) is 3.07. The fraction of sp³-hybridized carbons (Fsp3) is 0.583. The predicted octanol–water partition coefficient (Wildman–Crippen LogP) is 5.38. The Hall–Kier alpha value is -1.99. The molecular weight excluding hydrogens is 405 g/mol. The van der Waals surface area contributed by atoms with Crippen molar-refractivity contribution in [1.29, 1.82) is 0 Å². The maximum atomic E-state index is 13.1. The van der Waals surface area contributed by atoms with Gasteiger partial charge in [-0.2, -0.15) is 13.2 Å². The van der Waals surface area contributed by atoms with Crippen LogP contribution in [-0.4, -0.2) is 23.2 Å². The first-order valence-electron chi connectivity index (χ1n) is 11.3. The lowest BCUT2D eigenvalue weighted by Crippen LogP contribution is -2.36. The third-order valence-corrected chi connectivity index (χ3v) is 7.52. The number of pyridine rings is 2. The summed E-state index contributed by atoms with van der Waals surface area (Å²) in [6.45, 7) is 1.26. The van der Waals surface area contributed by atoms with E-state index in [1.165, 1.54) is 42.1 Å². The number of hydrogen-bond donors (Lipinski definition) is 0. The lowest BCUT2D eigenvalue weighted by atomic mass is 9.71. The molecule has 4 bridgehead atoms. The molecule has 0 N–H and O–H groups in total. The zero-order valence-electron chi connectivity index (χ0n) is 17.3. The maximum absolute atomic E-state index is 13.1. The number of halogens is 3. The molecule has 0 aromatic carbocycles. The summed E-state index contributed by atoms with van der Waals surface area (Å²) in [6, 6.07) is 2.59. The Morgan fingerprint density at radius 1 is 0.968 bits per heavy atom.